The van der Waals surface area contributed by atoms with Gasteiger partial charge in [0.15, 0.2) is 11.5 Å². The van der Waals surface area contributed by atoms with Gasteiger partial charge in [-0.2, -0.15) is 0 Å². The fraction of sp³-hybridized carbons (Fsp3) is 0.0435. The Morgan fingerprint density at radius 2 is 1.66 bits per heavy atom. The van der Waals surface area contributed by atoms with E-state index >= 15 is 0 Å². The zero-order chi connectivity index (χ0) is 20.6. The van der Waals surface area contributed by atoms with Crippen LogP contribution < -0.4 is 9.47 Å². The summed E-state index contributed by atoms with van der Waals surface area (Å²) in [7, 11) is 1.50. The molecule has 6 heteroatoms. The molecule has 0 saturated heterocycles. The Balaban J connectivity index is 1.68. The second-order valence-electron chi connectivity index (χ2n) is 5.99. The number of phenolic OH excluding ortho intramolecular Hbond substituents is 1. The van der Waals surface area contributed by atoms with E-state index in [0.29, 0.717) is 22.2 Å². The molecule has 0 spiro atoms. The van der Waals surface area contributed by atoms with Crippen LogP contribution >= 0.6 is 11.6 Å². The van der Waals surface area contributed by atoms with Crippen LogP contribution in [0.25, 0.3) is 6.08 Å². The molecule has 0 heterocycles. The second kappa shape index (κ2) is 9.57. The average molecular weight is 408 g/mol. The number of aliphatic imine (C=N–C) groups is 1. The zero-order valence-corrected chi connectivity index (χ0v) is 16.3. The smallest absolute Gasteiger partial charge is 0.336 e. The van der Waals surface area contributed by atoms with E-state index in [1.54, 1.807) is 79.0 Å². The predicted octanol–water partition coefficient (Wildman–Crippen LogP) is 5.42. The highest BCUT2D eigenvalue weighted by Crippen LogP contribution is 2.28. The molecule has 0 bridgehead atoms. The van der Waals surface area contributed by atoms with Crippen LogP contribution in [-0.4, -0.2) is 24.4 Å². The van der Waals surface area contributed by atoms with Gasteiger partial charge in [0, 0.05) is 17.3 Å². The number of ether oxygens (including phenoxy) is 2. The van der Waals surface area contributed by atoms with Crippen LogP contribution in [0.2, 0.25) is 5.02 Å². The van der Waals surface area contributed by atoms with Crippen molar-refractivity contribution in [1.29, 1.82) is 0 Å². The molecular weight excluding hydrogens is 390 g/mol. The number of hydrogen-bond acceptors (Lipinski definition) is 5. The van der Waals surface area contributed by atoms with Gasteiger partial charge in [-0.3, -0.25) is 4.99 Å². The number of halogens is 1. The van der Waals surface area contributed by atoms with Crippen LogP contribution in [0, 0.1) is 0 Å². The minimum Gasteiger partial charge on any atom is -0.508 e. The van der Waals surface area contributed by atoms with E-state index in [-0.39, 0.29) is 5.75 Å². The molecule has 5 nitrogen and oxygen atoms in total. The third-order valence-electron chi connectivity index (χ3n) is 3.89. The Morgan fingerprint density at radius 1 is 0.966 bits per heavy atom. The van der Waals surface area contributed by atoms with Crippen LogP contribution in [-0.2, 0) is 4.79 Å². The van der Waals surface area contributed by atoms with Gasteiger partial charge in [-0.15, -0.1) is 0 Å². The summed E-state index contributed by atoms with van der Waals surface area (Å²) < 4.78 is 10.7. The van der Waals surface area contributed by atoms with Crippen molar-refractivity contribution in [3.8, 4) is 17.2 Å². The fourth-order valence-corrected chi connectivity index (χ4v) is 2.54. The molecule has 3 aromatic carbocycles. The highest BCUT2D eigenvalue weighted by Gasteiger charge is 2.08. The first-order valence-electron chi connectivity index (χ1n) is 8.70. The largest absolute Gasteiger partial charge is 0.508 e. The molecule has 3 rings (SSSR count). The summed E-state index contributed by atoms with van der Waals surface area (Å²) in [6.45, 7) is 0. The van der Waals surface area contributed by atoms with Crippen molar-refractivity contribution in [2.45, 2.75) is 0 Å². The number of phenols is 1. The third kappa shape index (κ3) is 5.96. The SMILES string of the molecule is COc1cc(/C=N/c2ccc(O)cc2)ccc1OC(=O)/C=C/c1ccc(Cl)cc1. The number of methoxy groups -OCH3 is 1. The van der Waals surface area contributed by atoms with Crippen LogP contribution in [0.15, 0.2) is 77.8 Å². The van der Waals surface area contributed by atoms with E-state index in [0.717, 1.165) is 11.1 Å². The van der Waals surface area contributed by atoms with Gasteiger partial charge >= 0.3 is 5.97 Å². The Morgan fingerprint density at radius 3 is 2.34 bits per heavy atom. The van der Waals surface area contributed by atoms with Crippen LogP contribution in [0.5, 0.6) is 17.2 Å². The molecule has 0 radical (unpaired) electrons. The maximum absolute atomic E-state index is 12.1. The normalized spacial score (nSPS) is 11.1. The van der Waals surface area contributed by atoms with E-state index in [4.69, 9.17) is 21.1 Å². The summed E-state index contributed by atoms with van der Waals surface area (Å²) >= 11 is 5.84. The lowest BCUT2D eigenvalue weighted by atomic mass is 10.2. The lowest BCUT2D eigenvalue weighted by molar-refractivity contribution is -0.129. The summed E-state index contributed by atoms with van der Waals surface area (Å²) in [4.78, 5) is 16.4. The first-order valence-corrected chi connectivity index (χ1v) is 9.08. The van der Waals surface area contributed by atoms with Gasteiger partial charge in [0.25, 0.3) is 0 Å². The minimum atomic E-state index is -0.524. The Bertz CT molecular complexity index is 1040. The van der Waals surface area contributed by atoms with Crippen LogP contribution in [0.4, 0.5) is 5.69 Å². The summed E-state index contributed by atoms with van der Waals surface area (Å²) in [5, 5.41) is 9.93. The van der Waals surface area contributed by atoms with E-state index in [2.05, 4.69) is 4.99 Å². The minimum absolute atomic E-state index is 0.182. The first-order chi connectivity index (χ1) is 14.0. The zero-order valence-electron chi connectivity index (χ0n) is 15.6. The molecule has 29 heavy (non-hydrogen) atoms. The Labute approximate surface area is 173 Å². The quantitative estimate of drug-likeness (QED) is 0.256. The number of esters is 1. The number of rotatable bonds is 6. The molecule has 0 atom stereocenters. The number of benzene rings is 3. The van der Waals surface area contributed by atoms with E-state index in [9.17, 15) is 9.90 Å². The number of nitrogens with zero attached hydrogens (tertiary/aromatic N) is 1. The van der Waals surface area contributed by atoms with Crippen molar-refractivity contribution in [3.63, 3.8) is 0 Å². The van der Waals surface area contributed by atoms with Crippen molar-refractivity contribution >= 4 is 35.5 Å². The fourth-order valence-electron chi connectivity index (χ4n) is 2.42. The number of aromatic hydroxyl groups is 1. The van der Waals surface area contributed by atoms with Gasteiger partial charge in [-0.05, 0) is 71.8 Å². The predicted molar refractivity (Wildman–Crippen MR) is 114 cm³/mol. The molecule has 0 aliphatic rings. The van der Waals surface area contributed by atoms with Crippen LogP contribution in [0.3, 0.4) is 0 Å². The molecular formula is C23H18ClNO4. The van der Waals surface area contributed by atoms with Gasteiger partial charge in [0.2, 0.25) is 0 Å². The van der Waals surface area contributed by atoms with Gasteiger partial charge in [0.05, 0.1) is 12.8 Å². The Hall–Kier alpha value is -3.57. The topological polar surface area (TPSA) is 68.1 Å². The van der Waals surface area contributed by atoms with Crippen molar-refractivity contribution < 1.29 is 19.4 Å². The average Bonchev–Trinajstić information content (AvgIpc) is 2.73. The molecule has 0 fully saturated rings. The Kier molecular flexibility index (Phi) is 6.66. The summed E-state index contributed by atoms with van der Waals surface area (Å²) in [5.41, 5.74) is 2.30. The second-order valence-corrected chi connectivity index (χ2v) is 6.43. The summed E-state index contributed by atoms with van der Waals surface area (Å²) in [6.07, 6.45) is 4.63. The standard InChI is InChI=1S/C23H18ClNO4/c1-28-22-14-17(15-25-19-8-10-20(26)11-9-19)4-12-21(22)29-23(27)13-5-16-2-6-18(24)7-3-16/h2-15,26H,1H3/b13-5+,25-15+. The lowest BCUT2D eigenvalue weighted by Crippen LogP contribution is -2.05. The number of hydrogen-bond donors (Lipinski definition) is 1. The lowest BCUT2D eigenvalue weighted by Gasteiger charge is -2.08. The van der Waals surface area contributed by atoms with E-state index in [1.165, 1.54) is 13.2 Å². The van der Waals surface area contributed by atoms with Gasteiger partial charge in [-0.1, -0.05) is 23.7 Å². The maximum atomic E-state index is 12.1. The molecule has 0 aliphatic heterocycles. The molecule has 3 aromatic rings. The van der Waals surface area contributed by atoms with Gasteiger partial charge in [-0.25, -0.2) is 4.79 Å². The van der Waals surface area contributed by atoms with Crippen LogP contribution in [0.1, 0.15) is 11.1 Å². The molecule has 0 saturated carbocycles. The molecule has 1 N–H and O–H groups in total. The van der Waals surface area contributed by atoms with Gasteiger partial charge < -0.3 is 14.6 Å². The van der Waals surface area contributed by atoms with Crippen molar-refractivity contribution in [2.24, 2.45) is 4.99 Å². The van der Waals surface area contributed by atoms with E-state index < -0.39 is 5.97 Å². The summed E-state index contributed by atoms with van der Waals surface area (Å²) in [6, 6.07) is 18.7. The first kappa shape index (κ1) is 20.2. The maximum Gasteiger partial charge on any atom is 0.336 e. The molecule has 0 amide bonds. The van der Waals surface area contributed by atoms with Crippen molar-refractivity contribution in [3.05, 3.63) is 89.0 Å². The van der Waals surface area contributed by atoms with Gasteiger partial charge in [0.1, 0.15) is 5.75 Å². The number of carbonyl (C=O) groups excluding carboxylic acids is 1. The molecule has 146 valence electrons. The third-order valence-corrected chi connectivity index (χ3v) is 4.14. The monoisotopic (exact) mass is 407 g/mol. The van der Waals surface area contributed by atoms with Crippen molar-refractivity contribution in [2.75, 3.05) is 7.11 Å². The molecule has 0 aliphatic carbocycles. The summed E-state index contributed by atoms with van der Waals surface area (Å²) in [5.74, 6) is 0.374. The van der Waals surface area contributed by atoms with Crippen molar-refractivity contribution in [1.82, 2.24) is 0 Å². The van der Waals surface area contributed by atoms with E-state index in [1.807, 2.05) is 0 Å². The highest BCUT2D eigenvalue weighted by atomic mass is 35.5. The molecule has 0 aromatic heterocycles. The molecule has 0 unspecified atom stereocenters. The number of carbonyl (C=O) groups is 1. The highest BCUT2D eigenvalue weighted by molar-refractivity contribution is 6.30.